The summed E-state index contributed by atoms with van der Waals surface area (Å²) < 4.78 is 55.8. The minimum atomic E-state index is -3.42. The second-order valence-electron chi connectivity index (χ2n) is 7.11. The third kappa shape index (κ3) is 42.7. The fraction of sp³-hybridized carbons (Fsp3) is 0.826. The number of thioether (sulfide) groups is 1. The predicted molar refractivity (Wildman–Crippen MR) is 148 cm³/mol. The van der Waals surface area contributed by atoms with E-state index < -0.39 is 28.3 Å². The maximum atomic E-state index is 11.2. The molecule has 0 aromatic rings. The summed E-state index contributed by atoms with van der Waals surface area (Å²) in [6.07, 6.45) is -0.233. The van der Waals surface area contributed by atoms with Gasteiger partial charge in [-0.05, 0) is 34.6 Å². The van der Waals surface area contributed by atoms with Gasteiger partial charge in [-0.25, -0.2) is 9.59 Å². The molecule has 0 aromatic heterocycles. The van der Waals surface area contributed by atoms with E-state index >= 15 is 0 Å². The van der Waals surface area contributed by atoms with E-state index in [0.717, 1.165) is 6.26 Å². The van der Waals surface area contributed by atoms with E-state index in [1.54, 1.807) is 27.7 Å². The van der Waals surface area contributed by atoms with Gasteiger partial charge in [0.05, 0.1) is 65.7 Å². The molecule has 0 amide bonds. The molecule has 17 heteroatoms. The minimum absolute atomic E-state index is 0. The van der Waals surface area contributed by atoms with Crippen LogP contribution in [0.5, 0.6) is 0 Å². The molecule has 0 saturated heterocycles. The maximum absolute atomic E-state index is 11.2. The van der Waals surface area contributed by atoms with Crippen LogP contribution in [0, 0.1) is 0 Å². The van der Waals surface area contributed by atoms with E-state index in [1.165, 1.54) is 25.6 Å². The molecule has 0 aliphatic rings. The molecule has 0 unspecified atom stereocenters. The Morgan fingerprint density at radius 3 is 1.48 bits per heavy atom. The number of ether oxygens (including phenoxy) is 6. The SMILES string of the molecule is CC(=O)[S-].CCOC(=O)[C@H](C)OCCOCCOS(C)(=O)=O.CCOC(=O)[C@H](C)OCCOCCSC(C)=O.[K+]. The Labute approximate surface area is 290 Å². The molecule has 0 fully saturated rings. The summed E-state index contributed by atoms with van der Waals surface area (Å²) in [5.41, 5.74) is 0. The van der Waals surface area contributed by atoms with E-state index in [-0.39, 0.29) is 94.0 Å². The summed E-state index contributed by atoms with van der Waals surface area (Å²) >= 11 is 5.21. The van der Waals surface area contributed by atoms with Crippen molar-refractivity contribution in [2.75, 3.05) is 71.5 Å². The van der Waals surface area contributed by atoms with Crippen molar-refractivity contribution >= 4 is 56.7 Å². The Balaban J connectivity index is -0.000000279. The van der Waals surface area contributed by atoms with Crippen molar-refractivity contribution in [1.82, 2.24) is 0 Å². The number of hydrogen-bond donors (Lipinski definition) is 0. The Hall–Kier alpha value is 0.236. The van der Waals surface area contributed by atoms with Crippen molar-refractivity contribution in [3.05, 3.63) is 0 Å². The van der Waals surface area contributed by atoms with Crippen molar-refractivity contribution in [3.8, 4) is 0 Å². The molecular weight excluding hydrogens is 620 g/mol. The summed E-state index contributed by atoms with van der Waals surface area (Å²) in [6, 6.07) is 0. The normalized spacial score (nSPS) is 11.8. The average Bonchev–Trinajstić information content (AvgIpc) is 2.82. The molecule has 0 radical (unpaired) electrons. The summed E-state index contributed by atoms with van der Waals surface area (Å²) in [4.78, 5) is 42.1. The predicted octanol–water partition coefficient (Wildman–Crippen LogP) is -1.72. The molecule has 0 bridgehead atoms. The van der Waals surface area contributed by atoms with Gasteiger partial charge in [-0.1, -0.05) is 11.8 Å². The minimum Gasteiger partial charge on any atom is -0.742 e. The Kier molecular flexibility index (Phi) is 37.9. The first-order chi connectivity index (χ1) is 18.2. The van der Waals surface area contributed by atoms with Gasteiger partial charge >= 0.3 is 63.3 Å². The fourth-order valence-electron chi connectivity index (χ4n) is 1.92. The molecule has 0 saturated carbocycles. The zero-order valence-electron chi connectivity index (χ0n) is 24.8. The zero-order chi connectivity index (χ0) is 30.7. The largest absolute Gasteiger partial charge is 1.00 e. The van der Waals surface area contributed by atoms with Crippen LogP contribution in [-0.4, -0.2) is 114 Å². The molecule has 0 spiro atoms. The van der Waals surface area contributed by atoms with Crippen LogP contribution in [-0.2, 0) is 74.5 Å². The van der Waals surface area contributed by atoms with Crippen molar-refractivity contribution in [1.29, 1.82) is 0 Å². The topological polar surface area (TPSA) is 167 Å². The first-order valence-corrected chi connectivity index (χ1v) is 15.3. The molecule has 0 aliphatic heterocycles. The second-order valence-corrected chi connectivity index (χ2v) is 10.6. The molecule has 232 valence electrons. The van der Waals surface area contributed by atoms with Gasteiger partial charge in [-0.15, -0.1) is 0 Å². The standard InChI is InChI=1S/C11H20O5S.C10H20O7S.C2H4OS.K/c1-4-15-11(13)9(2)16-6-5-14-7-8-17-10(3)12;1-4-15-10(11)9(2)16-7-5-14-6-8-17-18(3,12)13;1-2(3)4;/h9H,4-8H2,1-3H3;9H,4-8H2,1-3H3;1H3,(H,3,4);/q;;;+1/p-1/t2*9-;;/m00../s1. The van der Waals surface area contributed by atoms with E-state index in [2.05, 4.69) is 16.8 Å². The van der Waals surface area contributed by atoms with E-state index in [9.17, 15) is 27.6 Å². The quantitative estimate of drug-likeness (QED) is 0.0504. The third-order valence-corrected chi connectivity index (χ3v) is 4.86. The molecule has 0 rings (SSSR count). The summed E-state index contributed by atoms with van der Waals surface area (Å²) in [7, 11) is -3.42. The second kappa shape index (κ2) is 32.2. The van der Waals surface area contributed by atoms with Crippen molar-refractivity contribution in [2.24, 2.45) is 0 Å². The molecular formula is C23H43KO13S3. The molecule has 2 atom stereocenters. The molecule has 40 heavy (non-hydrogen) atoms. The average molecular weight is 663 g/mol. The number of esters is 2. The van der Waals surface area contributed by atoms with E-state index in [4.69, 9.17) is 28.4 Å². The molecule has 0 aromatic carbocycles. The fourth-order valence-corrected chi connectivity index (χ4v) is 2.78. The van der Waals surface area contributed by atoms with Crippen molar-refractivity contribution < 1.29 is 112 Å². The van der Waals surface area contributed by atoms with E-state index in [0.29, 0.717) is 38.8 Å². The number of rotatable bonds is 19. The molecule has 0 aliphatic carbocycles. The van der Waals surface area contributed by atoms with Crippen molar-refractivity contribution in [3.63, 3.8) is 0 Å². The van der Waals surface area contributed by atoms with Crippen molar-refractivity contribution in [2.45, 2.75) is 53.8 Å². The van der Waals surface area contributed by atoms with Gasteiger partial charge < -0.3 is 45.8 Å². The van der Waals surface area contributed by atoms with Gasteiger partial charge in [0.2, 0.25) is 0 Å². The van der Waals surface area contributed by atoms with Gasteiger partial charge in [0.25, 0.3) is 10.1 Å². The van der Waals surface area contributed by atoms with E-state index in [1.807, 2.05) is 0 Å². The number of hydrogen-bond acceptors (Lipinski definition) is 15. The van der Waals surface area contributed by atoms with Crippen LogP contribution in [0.3, 0.4) is 0 Å². The van der Waals surface area contributed by atoms with Gasteiger partial charge in [0.1, 0.15) is 0 Å². The van der Waals surface area contributed by atoms with Crippen LogP contribution >= 0.6 is 11.8 Å². The van der Waals surface area contributed by atoms with Crippen LogP contribution < -0.4 is 51.4 Å². The van der Waals surface area contributed by atoms with Crippen LogP contribution in [0.2, 0.25) is 0 Å². The van der Waals surface area contributed by atoms with Crippen LogP contribution in [0.1, 0.15) is 41.5 Å². The number of carbonyl (C=O) groups excluding carboxylic acids is 4. The van der Waals surface area contributed by atoms with Gasteiger partial charge in [0, 0.05) is 17.8 Å². The summed E-state index contributed by atoms with van der Waals surface area (Å²) in [5.74, 6) is -0.138. The Bertz CT molecular complexity index is 763. The molecule has 13 nitrogen and oxygen atoms in total. The number of carbonyl (C=O) groups is 4. The first-order valence-electron chi connectivity index (χ1n) is 12.0. The Morgan fingerprint density at radius 1 is 0.750 bits per heavy atom. The van der Waals surface area contributed by atoms with Crippen LogP contribution in [0.15, 0.2) is 0 Å². The van der Waals surface area contributed by atoms with Crippen LogP contribution in [0.25, 0.3) is 0 Å². The van der Waals surface area contributed by atoms with Crippen LogP contribution in [0.4, 0.5) is 0 Å². The molecule has 0 N–H and O–H groups in total. The van der Waals surface area contributed by atoms with Gasteiger partial charge in [0.15, 0.2) is 17.3 Å². The Morgan fingerprint density at radius 2 is 1.12 bits per heavy atom. The monoisotopic (exact) mass is 662 g/mol. The maximum Gasteiger partial charge on any atom is 1.00 e. The van der Waals surface area contributed by atoms with Gasteiger partial charge in [-0.2, -0.15) is 8.42 Å². The first kappa shape index (κ1) is 47.2. The summed E-state index contributed by atoms with van der Waals surface area (Å²) in [5, 5.41) is -0.166. The smallest absolute Gasteiger partial charge is 0.742 e. The zero-order valence-corrected chi connectivity index (χ0v) is 30.3. The third-order valence-electron chi connectivity index (χ3n) is 3.49. The van der Waals surface area contributed by atoms with Gasteiger partial charge in [-0.3, -0.25) is 8.98 Å². The summed E-state index contributed by atoms with van der Waals surface area (Å²) in [6.45, 7) is 12.0. The molecule has 0 heterocycles.